The Morgan fingerprint density at radius 1 is 1.67 bits per heavy atom. The van der Waals surface area contributed by atoms with Gasteiger partial charge in [-0.25, -0.2) is 4.98 Å². The third-order valence-corrected chi connectivity index (χ3v) is 2.57. The number of hydrogen-bond donors (Lipinski definition) is 1. The molecule has 0 bridgehead atoms. The van der Waals surface area contributed by atoms with Gasteiger partial charge in [0.15, 0.2) is 0 Å². The summed E-state index contributed by atoms with van der Waals surface area (Å²) in [5.74, 6) is 2.02. The summed E-state index contributed by atoms with van der Waals surface area (Å²) >= 11 is 0. The smallest absolute Gasteiger partial charge is 0.105 e. The lowest BCUT2D eigenvalue weighted by Crippen LogP contribution is -2.42. The topological polar surface area (TPSA) is 29.9 Å². The largest absolute Gasteiger partial charge is 0.335 e. The van der Waals surface area contributed by atoms with Crippen LogP contribution in [-0.2, 0) is 6.54 Å². The molecule has 0 atom stereocenters. The molecule has 2 heterocycles. The molecule has 1 aliphatic rings. The normalized spacial score (nSPS) is 17.8. The van der Waals surface area contributed by atoms with E-state index in [0.29, 0.717) is 0 Å². The first kappa shape index (κ1) is 7.80. The lowest BCUT2D eigenvalue weighted by Gasteiger charge is -2.27. The van der Waals surface area contributed by atoms with E-state index in [-0.39, 0.29) is 0 Å². The molecule has 12 heavy (non-hydrogen) atoms. The van der Waals surface area contributed by atoms with Crippen LogP contribution in [-0.4, -0.2) is 22.6 Å². The van der Waals surface area contributed by atoms with Crippen molar-refractivity contribution >= 4 is 0 Å². The van der Waals surface area contributed by atoms with Crippen LogP contribution in [0.2, 0.25) is 0 Å². The second-order valence-electron chi connectivity index (χ2n) is 3.48. The minimum absolute atomic E-state index is 0.895. The molecule has 1 N–H and O–H groups in total. The van der Waals surface area contributed by atoms with Gasteiger partial charge in [0.25, 0.3) is 0 Å². The summed E-state index contributed by atoms with van der Waals surface area (Å²) in [7, 11) is 0. The Morgan fingerprint density at radius 2 is 2.50 bits per heavy atom. The number of imidazole rings is 1. The summed E-state index contributed by atoms with van der Waals surface area (Å²) in [4.78, 5) is 4.19. The monoisotopic (exact) mass is 165 g/mol. The van der Waals surface area contributed by atoms with Gasteiger partial charge in [0.2, 0.25) is 0 Å². The van der Waals surface area contributed by atoms with Crippen LogP contribution < -0.4 is 5.32 Å². The zero-order chi connectivity index (χ0) is 8.39. The van der Waals surface area contributed by atoms with Gasteiger partial charge in [0.05, 0.1) is 0 Å². The van der Waals surface area contributed by atoms with E-state index in [0.717, 1.165) is 18.3 Å². The van der Waals surface area contributed by atoms with Gasteiger partial charge < -0.3 is 9.88 Å². The first-order valence-electron chi connectivity index (χ1n) is 4.55. The van der Waals surface area contributed by atoms with Crippen molar-refractivity contribution in [3.63, 3.8) is 0 Å². The lowest BCUT2D eigenvalue weighted by atomic mass is 10.00. The molecular formula is C9H15N3. The zero-order valence-corrected chi connectivity index (χ0v) is 7.45. The maximum Gasteiger partial charge on any atom is 0.105 e. The fourth-order valence-corrected chi connectivity index (χ4v) is 1.51. The maximum atomic E-state index is 4.19. The molecule has 1 aromatic rings. The second kappa shape index (κ2) is 3.27. The van der Waals surface area contributed by atoms with Crippen LogP contribution in [0.4, 0.5) is 0 Å². The second-order valence-corrected chi connectivity index (χ2v) is 3.48. The van der Waals surface area contributed by atoms with E-state index in [4.69, 9.17) is 0 Å². The van der Waals surface area contributed by atoms with Crippen molar-refractivity contribution in [1.29, 1.82) is 0 Å². The molecule has 1 saturated heterocycles. The van der Waals surface area contributed by atoms with E-state index < -0.39 is 0 Å². The summed E-state index contributed by atoms with van der Waals surface area (Å²) in [6, 6.07) is 0. The first-order chi connectivity index (χ1) is 5.86. The van der Waals surface area contributed by atoms with Crippen molar-refractivity contribution in [2.24, 2.45) is 5.92 Å². The molecule has 0 unspecified atom stereocenters. The summed E-state index contributed by atoms with van der Waals surface area (Å²) < 4.78 is 2.22. The van der Waals surface area contributed by atoms with Gasteiger partial charge in [0.1, 0.15) is 5.82 Å². The molecule has 0 aliphatic carbocycles. The molecule has 0 radical (unpaired) electrons. The zero-order valence-electron chi connectivity index (χ0n) is 7.45. The SMILES string of the molecule is Cc1nccn1CCC1CNC1. The van der Waals surface area contributed by atoms with Gasteiger partial charge in [-0.2, -0.15) is 0 Å². The van der Waals surface area contributed by atoms with Gasteiger partial charge in [-0.15, -0.1) is 0 Å². The maximum absolute atomic E-state index is 4.19. The highest BCUT2D eigenvalue weighted by atomic mass is 15.1. The molecule has 66 valence electrons. The molecule has 3 nitrogen and oxygen atoms in total. The van der Waals surface area contributed by atoms with E-state index >= 15 is 0 Å². The molecule has 3 heteroatoms. The average Bonchev–Trinajstić information content (AvgIpc) is 2.33. The van der Waals surface area contributed by atoms with Gasteiger partial charge in [-0.1, -0.05) is 0 Å². The van der Waals surface area contributed by atoms with Crippen LogP contribution in [0.25, 0.3) is 0 Å². The molecule has 0 saturated carbocycles. The molecule has 1 aliphatic heterocycles. The van der Waals surface area contributed by atoms with Crippen LogP contribution in [0, 0.1) is 12.8 Å². The fraction of sp³-hybridized carbons (Fsp3) is 0.667. The van der Waals surface area contributed by atoms with Crippen molar-refractivity contribution in [2.45, 2.75) is 19.9 Å². The Morgan fingerprint density at radius 3 is 3.00 bits per heavy atom. The van der Waals surface area contributed by atoms with E-state index in [1.165, 1.54) is 19.5 Å². The van der Waals surface area contributed by atoms with Gasteiger partial charge in [-0.3, -0.25) is 0 Å². The van der Waals surface area contributed by atoms with Crippen LogP contribution >= 0.6 is 0 Å². The Labute approximate surface area is 72.8 Å². The minimum atomic E-state index is 0.895. The third-order valence-electron chi connectivity index (χ3n) is 2.57. The number of aromatic nitrogens is 2. The third kappa shape index (κ3) is 1.50. The van der Waals surface area contributed by atoms with Crippen molar-refractivity contribution in [2.75, 3.05) is 13.1 Å². The molecule has 2 rings (SSSR count). The highest BCUT2D eigenvalue weighted by Crippen LogP contribution is 2.10. The van der Waals surface area contributed by atoms with Crippen molar-refractivity contribution in [3.8, 4) is 0 Å². The standard InChI is InChI=1S/C9H15N3/c1-8-11-3-5-12(8)4-2-9-6-10-7-9/h3,5,9-10H,2,4,6-7H2,1H3. The van der Waals surface area contributed by atoms with Crippen LogP contribution in [0.15, 0.2) is 12.4 Å². The minimum Gasteiger partial charge on any atom is -0.335 e. The van der Waals surface area contributed by atoms with Crippen molar-refractivity contribution in [3.05, 3.63) is 18.2 Å². The first-order valence-corrected chi connectivity index (χ1v) is 4.55. The summed E-state index contributed by atoms with van der Waals surface area (Å²) in [5.41, 5.74) is 0. The number of nitrogens with zero attached hydrogens (tertiary/aromatic N) is 2. The number of hydrogen-bond acceptors (Lipinski definition) is 2. The summed E-state index contributed by atoms with van der Waals surface area (Å²) in [6.45, 7) is 5.58. The summed E-state index contributed by atoms with van der Waals surface area (Å²) in [5, 5.41) is 3.28. The molecule has 0 amide bonds. The van der Waals surface area contributed by atoms with Gasteiger partial charge in [-0.05, 0) is 32.4 Å². The van der Waals surface area contributed by atoms with Crippen molar-refractivity contribution < 1.29 is 0 Å². The van der Waals surface area contributed by atoms with E-state index in [1.54, 1.807) is 0 Å². The quantitative estimate of drug-likeness (QED) is 0.718. The Kier molecular flexibility index (Phi) is 2.13. The van der Waals surface area contributed by atoms with Gasteiger partial charge >= 0.3 is 0 Å². The predicted octanol–water partition coefficient (Wildman–Crippen LogP) is 0.801. The predicted molar refractivity (Wildman–Crippen MR) is 47.9 cm³/mol. The molecule has 1 aromatic heterocycles. The number of aryl methyl sites for hydroxylation is 2. The van der Waals surface area contributed by atoms with Crippen molar-refractivity contribution in [1.82, 2.24) is 14.9 Å². The van der Waals surface area contributed by atoms with Gasteiger partial charge in [0, 0.05) is 18.9 Å². The van der Waals surface area contributed by atoms with E-state index in [9.17, 15) is 0 Å². The van der Waals surface area contributed by atoms with Crippen LogP contribution in [0.3, 0.4) is 0 Å². The number of rotatable bonds is 3. The van der Waals surface area contributed by atoms with E-state index in [2.05, 4.69) is 28.0 Å². The van der Waals surface area contributed by atoms with Crippen LogP contribution in [0.5, 0.6) is 0 Å². The van der Waals surface area contributed by atoms with E-state index in [1.807, 2.05) is 6.20 Å². The highest BCUT2D eigenvalue weighted by molar-refractivity contribution is 4.88. The molecule has 1 fully saturated rings. The Bertz CT molecular complexity index is 250. The summed E-state index contributed by atoms with van der Waals surface area (Å²) in [6.07, 6.45) is 5.21. The average molecular weight is 165 g/mol. The fourth-order valence-electron chi connectivity index (χ4n) is 1.51. The Balaban J connectivity index is 1.82. The van der Waals surface area contributed by atoms with Crippen LogP contribution in [0.1, 0.15) is 12.2 Å². The molecular weight excluding hydrogens is 150 g/mol. The molecule has 0 aromatic carbocycles. The Hall–Kier alpha value is -0.830. The molecule has 0 spiro atoms. The lowest BCUT2D eigenvalue weighted by molar-refractivity contribution is 0.311. The highest BCUT2D eigenvalue weighted by Gasteiger charge is 2.15. The number of nitrogens with one attached hydrogen (secondary N) is 1.